The molecule has 7 heteroatoms. The van der Waals surface area contributed by atoms with Crippen LogP contribution in [-0.2, 0) is 16.1 Å². The van der Waals surface area contributed by atoms with Crippen LogP contribution in [0.25, 0.3) is 11.3 Å². The van der Waals surface area contributed by atoms with E-state index in [1.54, 1.807) is 11.3 Å². The molecule has 1 aromatic heterocycles. The van der Waals surface area contributed by atoms with Crippen LogP contribution in [0.1, 0.15) is 24.0 Å². The van der Waals surface area contributed by atoms with Crippen LogP contribution in [-0.4, -0.2) is 39.0 Å². The summed E-state index contributed by atoms with van der Waals surface area (Å²) >= 11 is 1.64. The Morgan fingerprint density at radius 1 is 1.26 bits per heavy atom. The number of rotatable bonds is 7. The van der Waals surface area contributed by atoms with Gasteiger partial charge in [0.25, 0.3) is 0 Å². The van der Waals surface area contributed by atoms with Gasteiger partial charge in [-0.1, -0.05) is 41.4 Å². The molecule has 1 unspecified atom stereocenters. The quantitative estimate of drug-likeness (QED) is 0.422. The van der Waals surface area contributed by atoms with E-state index in [1.165, 1.54) is 18.1 Å². The van der Waals surface area contributed by atoms with Crippen molar-refractivity contribution < 1.29 is 14.3 Å². The van der Waals surface area contributed by atoms with Crippen molar-refractivity contribution in [3.63, 3.8) is 0 Å². The molecule has 1 fully saturated rings. The monoisotopic (exact) mass is 434 g/mol. The molecule has 3 aromatic rings. The maximum absolute atomic E-state index is 11.6. The Morgan fingerprint density at radius 3 is 2.84 bits per heavy atom. The standard InChI is InChI=1S/C24H27BN2O3S/c1-16-3-8-22(30-14-17-4-6-19(25)7-5-17)20(11-16)21-15-31-24(26-21)27-10-9-18(13-27)12-23(28)29-2/h3-8,11,15,18H,9-10,12-14,25H2,1-2H3. The molecule has 0 N–H and O–H groups in total. The molecule has 0 amide bonds. The number of anilines is 1. The number of esters is 1. The lowest BCUT2D eigenvalue weighted by molar-refractivity contribution is -0.141. The van der Waals surface area contributed by atoms with Gasteiger partial charge in [0.15, 0.2) is 5.13 Å². The Morgan fingerprint density at radius 2 is 2.06 bits per heavy atom. The minimum atomic E-state index is -0.137. The normalized spacial score (nSPS) is 15.8. The van der Waals surface area contributed by atoms with E-state index in [2.05, 4.69) is 61.4 Å². The summed E-state index contributed by atoms with van der Waals surface area (Å²) < 4.78 is 11.0. The third-order valence-electron chi connectivity index (χ3n) is 5.66. The lowest BCUT2D eigenvalue weighted by Crippen LogP contribution is -2.20. The van der Waals surface area contributed by atoms with Crippen molar-refractivity contribution in [1.82, 2.24) is 4.98 Å². The van der Waals surface area contributed by atoms with Crippen LogP contribution in [0.4, 0.5) is 5.13 Å². The molecule has 0 saturated carbocycles. The number of methoxy groups -OCH3 is 1. The highest BCUT2D eigenvalue weighted by Crippen LogP contribution is 2.36. The van der Waals surface area contributed by atoms with Gasteiger partial charge in [-0.3, -0.25) is 4.79 Å². The fourth-order valence-corrected chi connectivity index (χ4v) is 4.70. The molecule has 160 valence electrons. The molecular weight excluding hydrogens is 407 g/mol. The van der Waals surface area contributed by atoms with Crippen molar-refractivity contribution in [1.29, 1.82) is 0 Å². The van der Waals surface area contributed by atoms with E-state index in [1.807, 2.05) is 6.07 Å². The Balaban J connectivity index is 1.48. The van der Waals surface area contributed by atoms with Crippen molar-refractivity contribution in [2.24, 2.45) is 5.92 Å². The third kappa shape index (κ3) is 5.28. The third-order valence-corrected chi connectivity index (χ3v) is 6.56. The zero-order valence-electron chi connectivity index (χ0n) is 18.3. The Kier molecular flexibility index (Phi) is 6.61. The van der Waals surface area contributed by atoms with Gasteiger partial charge in [-0.05, 0) is 37.0 Å². The Labute approximate surface area is 188 Å². The van der Waals surface area contributed by atoms with Crippen molar-refractivity contribution in [3.05, 3.63) is 59.0 Å². The second-order valence-corrected chi connectivity index (χ2v) is 9.01. The molecular formula is C24H27BN2O3S. The largest absolute Gasteiger partial charge is 0.488 e. The van der Waals surface area contributed by atoms with Gasteiger partial charge < -0.3 is 14.4 Å². The van der Waals surface area contributed by atoms with Gasteiger partial charge in [-0.15, -0.1) is 11.3 Å². The number of benzene rings is 2. The SMILES string of the molecule is Bc1ccc(COc2ccc(C)cc2-c2csc(N3CCC(CC(=O)OC)C3)n2)cc1. The topological polar surface area (TPSA) is 51.7 Å². The fraction of sp³-hybridized carbons (Fsp3) is 0.333. The molecule has 5 nitrogen and oxygen atoms in total. The summed E-state index contributed by atoms with van der Waals surface area (Å²) in [5, 5.41) is 3.09. The van der Waals surface area contributed by atoms with Crippen LogP contribution < -0.4 is 15.1 Å². The number of aryl methyl sites for hydroxylation is 1. The van der Waals surface area contributed by atoms with Crippen molar-refractivity contribution >= 4 is 35.7 Å². The Bertz CT molecular complexity index is 1050. The van der Waals surface area contributed by atoms with Crippen LogP contribution in [0.2, 0.25) is 0 Å². The first-order valence-corrected chi connectivity index (χ1v) is 11.5. The number of carbonyl (C=O) groups excluding carboxylic acids is 1. The number of hydrogen-bond donors (Lipinski definition) is 0. The van der Waals surface area contributed by atoms with Crippen LogP contribution in [0, 0.1) is 12.8 Å². The first kappa shape index (κ1) is 21.4. The van der Waals surface area contributed by atoms with E-state index in [9.17, 15) is 4.79 Å². The molecule has 4 rings (SSSR count). The molecule has 1 saturated heterocycles. The summed E-state index contributed by atoms with van der Waals surface area (Å²) in [7, 11) is 3.53. The molecule has 1 atom stereocenters. The van der Waals surface area contributed by atoms with Crippen molar-refractivity contribution in [2.75, 3.05) is 25.1 Å². The summed E-state index contributed by atoms with van der Waals surface area (Å²) in [6.45, 7) is 4.36. The summed E-state index contributed by atoms with van der Waals surface area (Å²) in [5.74, 6) is 1.03. The molecule has 0 bridgehead atoms. The van der Waals surface area contributed by atoms with Gasteiger partial charge in [0, 0.05) is 24.0 Å². The van der Waals surface area contributed by atoms with Crippen molar-refractivity contribution in [2.45, 2.75) is 26.4 Å². The number of hydrogen-bond acceptors (Lipinski definition) is 6. The van der Waals surface area contributed by atoms with Gasteiger partial charge in [0.1, 0.15) is 20.2 Å². The number of aromatic nitrogens is 1. The molecule has 2 heterocycles. The van der Waals surface area contributed by atoms with E-state index in [4.69, 9.17) is 14.5 Å². The molecule has 1 aliphatic heterocycles. The van der Waals surface area contributed by atoms with Gasteiger partial charge in [0.05, 0.1) is 19.2 Å². The zero-order valence-corrected chi connectivity index (χ0v) is 19.1. The van der Waals surface area contributed by atoms with Gasteiger partial charge >= 0.3 is 5.97 Å². The predicted molar refractivity (Wildman–Crippen MR) is 128 cm³/mol. The highest BCUT2D eigenvalue weighted by molar-refractivity contribution is 7.14. The predicted octanol–water partition coefficient (Wildman–Crippen LogP) is 3.35. The van der Waals surface area contributed by atoms with Gasteiger partial charge in [-0.25, -0.2) is 4.98 Å². The van der Waals surface area contributed by atoms with Crippen LogP contribution in [0.3, 0.4) is 0 Å². The van der Waals surface area contributed by atoms with Crippen LogP contribution in [0.5, 0.6) is 5.75 Å². The number of carbonyl (C=O) groups is 1. The van der Waals surface area contributed by atoms with E-state index in [0.717, 1.165) is 47.2 Å². The number of nitrogens with zero attached hydrogens (tertiary/aromatic N) is 2. The smallest absolute Gasteiger partial charge is 0.305 e. The first-order valence-electron chi connectivity index (χ1n) is 10.6. The van der Waals surface area contributed by atoms with E-state index >= 15 is 0 Å². The molecule has 0 aliphatic carbocycles. The van der Waals surface area contributed by atoms with E-state index < -0.39 is 0 Å². The Hall–Kier alpha value is -2.80. The average molecular weight is 434 g/mol. The summed E-state index contributed by atoms with van der Waals surface area (Å²) in [6, 6.07) is 14.6. The minimum Gasteiger partial charge on any atom is -0.488 e. The van der Waals surface area contributed by atoms with Crippen LogP contribution in [0.15, 0.2) is 47.8 Å². The molecule has 2 aromatic carbocycles. The van der Waals surface area contributed by atoms with E-state index in [0.29, 0.717) is 18.9 Å². The minimum absolute atomic E-state index is 0.137. The summed E-state index contributed by atoms with van der Waals surface area (Å²) in [4.78, 5) is 18.8. The summed E-state index contributed by atoms with van der Waals surface area (Å²) in [6.07, 6.45) is 1.46. The second kappa shape index (κ2) is 9.56. The maximum atomic E-state index is 11.6. The van der Waals surface area contributed by atoms with Crippen LogP contribution >= 0.6 is 11.3 Å². The fourth-order valence-electron chi connectivity index (χ4n) is 3.84. The first-order chi connectivity index (χ1) is 15.0. The molecule has 31 heavy (non-hydrogen) atoms. The zero-order chi connectivity index (χ0) is 21.8. The number of ether oxygens (including phenoxy) is 2. The molecule has 0 radical (unpaired) electrons. The average Bonchev–Trinajstić information content (AvgIpc) is 3.43. The van der Waals surface area contributed by atoms with Crippen molar-refractivity contribution in [3.8, 4) is 17.0 Å². The lowest BCUT2D eigenvalue weighted by Gasteiger charge is -2.15. The highest BCUT2D eigenvalue weighted by atomic mass is 32.1. The maximum Gasteiger partial charge on any atom is 0.305 e. The van der Waals surface area contributed by atoms with Gasteiger partial charge in [-0.2, -0.15) is 0 Å². The summed E-state index contributed by atoms with van der Waals surface area (Å²) in [5.41, 5.74) is 5.50. The highest BCUT2D eigenvalue weighted by Gasteiger charge is 2.27. The molecule has 0 spiro atoms. The molecule has 1 aliphatic rings. The van der Waals surface area contributed by atoms with E-state index in [-0.39, 0.29) is 5.97 Å². The lowest BCUT2D eigenvalue weighted by atomic mass is 9.95. The second-order valence-electron chi connectivity index (χ2n) is 8.17. The number of thiazole rings is 1. The van der Waals surface area contributed by atoms with Gasteiger partial charge in [0.2, 0.25) is 0 Å².